The molecule has 0 aliphatic heterocycles. The Balaban J connectivity index is 3.02. The number of anilines is 1. The van der Waals surface area contributed by atoms with Crippen LogP contribution in [0.2, 0.25) is 5.02 Å². The predicted molar refractivity (Wildman–Crippen MR) is 64.3 cm³/mol. The molecule has 0 amide bonds. The summed E-state index contributed by atoms with van der Waals surface area (Å²) >= 11 is 5.88. The van der Waals surface area contributed by atoms with E-state index in [4.69, 9.17) is 11.6 Å². The number of rotatable bonds is 4. The van der Waals surface area contributed by atoms with Gasteiger partial charge >= 0.3 is 5.97 Å². The van der Waals surface area contributed by atoms with Gasteiger partial charge < -0.3 is 10.1 Å². The summed E-state index contributed by atoms with van der Waals surface area (Å²) in [5.74, 6) is -0.555. The van der Waals surface area contributed by atoms with Gasteiger partial charge in [0.2, 0.25) is 0 Å². The molecule has 0 aromatic carbocycles. The fourth-order valence-corrected chi connectivity index (χ4v) is 1.38. The van der Waals surface area contributed by atoms with E-state index in [9.17, 15) is 9.59 Å². The highest BCUT2D eigenvalue weighted by Gasteiger charge is 2.12. The zero-order chi connectivity index (χ0) is 13.0. The van der Waals surface area contributed by atoms with Crippen molar-refractivity contribution in [3.63, 3.8) is 0 Å². The maximum atomic E-state index is 11.7. The SMILES string of the molecule is COC(=O)Cn1ncc(NC(C)C)c(Cl)c1=O. The van der Waals surface area contributed by atoms with Crippen LogP contribution in [0.5, 0.6) is 0 Å². The van der Waals surface area contributed by atoms with E-state index in [0.29, 0.717) is 5.69 Å². The molecule has 0 fully saturated rings. The van der Waals surface area contributed by atoms with E-state index in [2.05, 4.69) is 15.2 Å². The Labute approximate surface area is 104 Å². The van der Waals surface area contributed by atoms with E-state index in [1.54, 1.807) is 0 Å². The third kappa shape index (κ3) is 3.45. The van der Waals surface area contributed by atoms with Crippen LogP contribution in [-0.2, 0) is 16.1 Å². The van der Waals surface area contributed by atoms with Gasteiger partial charge in [0.15, 0.2) is 0 Å². The van der Waals surface area contributed by atoms with Gasteiger partial charge in [-0.1, -0.05) is 11.6 Å². The molecule has 1 N–H and O–H groups in total. The first-order chi connectivity index (χ1) is 7.95. The number of methoxy groups -OCH3 is 1. The number of esters is 1. The minimum absolute atomic E-state index is 0.0117. The lowest BCUT2D eigenvalue weighted by Gasteiger charge is -2.12. The third-order valence-corrected chi connectivity index (χ3v) is 2.30. The summed E-state index contributed by atoms with van der Waals surface area (Å²) in [7, 11) is 1.24. The fourth-order valence-electron chi connectivity index (χ4n) is 1.18. The number of hydrogen-bond donors (Lipinski definition) is 1. The Hall–Kier alpha value is -1.56. The second-order valence-corrected chi connectivity index (χ2v) is 4.09. The van der Waals surface area contributed by atoms with Gasteiger partial charge in [-0.3, -0.25) is 9.59 Å². The van der Waals surface area contributed by atoms with Crippen molar-refractivity contribution >= 4 is 23.3 Å². The smallest absolute Gasteiger partial charge is 0.327 e. The Morgan fingerprint density at radius 1 is 1.65 bits per heavy atom. The number of nitrogens with one attached hydrogen (secondary N) is 1. The van der Waals surface area contributed by atoms with Crippen molar-refractivity contribution in [2.24, 2.45) is 0 Å². The highest BCUT2D eigenvalue weighted by Crippen LogP contribution is 2.15. The minimum Gasteiger partial charge on any atom is -0.468 e. The van der Waals surface area contributed by atoms with Crippen LogP contribution < -0.4 is 10.9 Å². The summed E-state index contributed by atoms with van der Waals surface area (Å²) in [6.07, 6.45) is 1.41. The van der Waals surface area contributed by atoms with Gasteiger partial charge in [-0.25, -0.2) is 4.68 Å². The van der Waals surface area contributed by atoms with Crippen molar-refractivity contribution in [1.29, 1.82) is 0 Å². The average molecular weight is 260 g/mol. The molecule has 1 rings (SSSR count). The van der Waals surface area contributed by atoms with E-state index in [-0.39, 0.29) is 17.6 Å². The molecule has 0 radical (unpaired) electrons. The molecule has 0 spiro atoms. The van der Waals surface area contributed by atoms with Crippen molar-refractivity contribution in [2.75, 3.05) is 12.4 Å². The van der Waals surface area contributed by atoms with Crippen molar-refractivity contribution < 1.29 is 9.53 Å². The topological polar surface area (TPSA) is 73.2 Å². The Kier molecular flexibility index (Phi) is 4.51. The van der Waals surface area contributed by atoms with Crippen LogP contribution in [0.1, 0.15) is 13.8 Å². The lowest BCUT2D eigenvalue weighted by atomic mass is 10.3. The number of carbonyl (C=O) groups is 1. The van der Waals surface area contributed by atoms with Crippen molar-refractivity contribution in [3.8, 4) is 0 Å². The lowest BCUT2D eigenvalue weighted by molar-refractivity contribution is -0.141. The molecule has 17 heavy (non-hydrogen) atoms. The van der Waals surface area contributed by atoms with Gasteiger partial charge in [0.05, 0.1) is 19.0 Å². The molecular formula is C10H14ClN3O3. The molecule has 0 saturated heterocycles. The molecule has 94 valence electrons. The molecular weight excluding hydrogens is 246 g/mol. The maximum Gasteiger partial charge on any atom is 0.327 e. The molecule has 0 aliphatic rings. The zero-order valence-corrected chi connectivity index (χ0v) is 10.6. The first-order valence-corrected chi connectivity index (χ1v) is 5.42. The summed E-state index contributed by atoms with van der Waals surface area (Å²) < 4.78 is 5.40. The number of aromatic nitrogens is 2. The Bertz CT molecular complexity index is 470. The van der Waals surface area contributed by atoms with Crippen molar-refractivity contribution in [2.45, 2.75) is 26.4 Å². The molecule has 1 heterocycles. The van der Waals surface area contributed by atoms with E-state index in [0.717, 1.165) is 4.68 Å². The van der Waals surface area contributed by atoms with Crippen LogP contribution in [0.25, 0.3) is 0 Å². The summed E-state index contributed by atoms with van der Waals surface area (Å²) in [5, 5.41) is 6.83. The molecule has 6 nitrogen and oxygen atoms in total. The second-order valence-electron chi connectivity index (χ2n) is 3.71. The molecule has 0 bridgehead atoms. The summed E-state index contributed by atoms with van der Waals surface area (Å²) in [6.45, 7) is 3.57. The predicted octanol–water partition coefficient (Wildman–Crippen LogP) is 0.890. The van der Waals surface area contributed by atoms with Gasteiger partial charge in [0.1, 0.15) is 11.6 Å². The summed E-state index contributed by atoms with van der Waals surface area (Å²) in [6, 6.07) is 0.130. The maximum absolute atomic E-state index is 11.7. The first-order valence-electron chi connectivity index (χ1n) is 5.04. The molecule has 0 saturated carbocycles. The van der Waals surface area contributed by atoms with E-state index < -0.39 is 11.5 Å². The molecule has 1 aromatic rings. The quantitative estimate of drug-likeness (QED) is 0.813. The first kappa shape index (κ1) is 13.5. The zero-order valence-electron chi connectivity index (χ0n) is 9.86. The summed E-state index contributed by atoms with van der Waals surface area (Å²) in [4.78, 5) is 22.8. The fraction of sp³-hybridized carbons (Fsp3) is 0.500. The molecule has 0 unspecified atom stereocenters. The highest BCUT2D eigenvalue weighted by molar-refractivity contribution is 6.32. The van der Waals surface area contributed by atoms with E-state index in [1.807, 2.05) is 13.8 Å². The molecule has 0 aliphatic carbocycles. The van der Waals surface area contributed by atoms with Crippen LogP contribution in [0.3, 0.4) is 0 Å². The number of ether oxygens (including phenoxy) is 1. The minimum atomic E-state index is -0.555. The van der Waals surface area contributed by atoms with E-state index in [1.165, 1.54) is 13.3 Å². The number of hydrogen-bond acceptors (Lipinski definition) is 5. The normalized spacial score (nSPS) is 10.4. The van der Waals surface area contributed by atoms with Crippen LogP contribution in [0.4, 0.5) is 5.69 Å². The number of nitrogens with zero attached hydrogens (tertiary/aromatic N) is 2. The molecule has 1 aromatic heterocycles. The van der Waals surface area contributed by atoms with Crippen molar-refractivity contribution in [3.05, 3.63) is 21.6 Å². The van der Waals surface area contributed by atoms with Crippen molar-refractivity contribution in [1.82, 2.24) is 9.78 Å². The second kappa shape index (κ2) is 5.67. The highest BCUT2D eigenvalue weighted by atomic mass is 35.5. The average Bonchev–Trinajstić information content (AvgIpc) is 2.28. The Morgan fingerprint density at radius 2 is 2.29 bits per heavy atom. The lowest BCUT2D eigenvalue weighted by Crippen LogP contribution is -2.28. The van der Waals surface area contributed by atoms with E-state index >= 15 is 0 Å². The van der Waals surface area contributed by atoms with Gasteiger partial charge in [0.25, 0.3) is 5.56 Å². The number of halogens is 1. The third-order valence-electron chi connectivity index (χ3n) is 1.94. The molecule has 7 heteroatoms. The van der Waals surface area contributed by atoms with Crippen LogP contribution in [-0.4, -0.2) is 28.9 Å². The number of carbonyl (C=O) groups excluding carboxylic acids is 1. The van der Waals surface area contributed by atoms with Gasteiger partial charge in [-0.05, 0) is 13.8 Å². The van der Waals surface area contributed by atoms with Crippen LogP contribution in [0, 0.1) is 0 Å². The standard InChI is InChI=1S/C10H14ClN3O3/c1-6(2)13-7-4-12-14(5-8(15)17-3)10(16)9(7)11/h4,6,13H,5H2,1-3H3. The Morgan fingerprint density at radius 3 is 2.82 bits per heavy atom. The van der Waals surface area contributed by atoms with Crippen LogP contribution >= 0.6 is 11.6 Å². The van der Waals surface area contributed by atoms with Crippen LogP contribution in [0.15, 0.2) is 11.0 Å². The molecule has 0 atom stereocenters. The van der Waals surface area contributed by atoms with Gasteiger partial charge in [-0.2, -0.15) is 5.10 Å². The van der Waals surface area contributed by atoms with Gasteiger partial charge in [-0.15, -0.1) is 0 Å². The van der Waals surface area contributed by atoms with Gasteiger partial charge in [0, 0.05) is 6.04 Å². The monoisotopic (exact) mass is 259 g/mol. The largest absolute Gasteiger partial charge is 0.468 e. The summed E-state index contributed by atoms with van der Waals surface area (Å²) in [5.41, 5.74) is -0.0736.